The molecule has 0 fully saturated rings. The average molecular weight is 727 g/mol. The van der Waals surface area contributed by atoms with Crippen LogP contribution in [0.4, 0.5) is 11.6 Å². The lowest BCUT2D eigenvalue weighted by Crippen LogP contribution is -2.50. The number of fused-ring (bicyclic) bond motifs is 1. The molecule has 0 bridgehead atoms. The number of H-pyrrole nitrogens is 1. The van der Waals surface area contributed by atoms with Gasteiger partial charge in [0.15, 0.2) is 11.2 Å². The summed E-state index contributed by atoms with van der Waals surface area (Å²) in [5.74, 6) is -2.44. The maximum atomic E-state index is 12.8. The Morgan fingerprint density at radius 3 is 2.38 bits per heavy atom. The number of aromatic nitrogens is 4. The van der Waals surface area contributed by atoms with Crippen molar-refractivity contribution in [2.24, 2.45) is 10.3 Å². The standard InChI is InChI=1S/C32H46N12O8/c1-18(42-50)31(2,3)44-52-15-14-37-32(4,5)23(43-51)12-13-34-24(45)11-10-22(29(48)49)39-27(46)19-6-8-20(9-7-19)35-16-21-17-36-26-25(38-21)28(47)41-30(33)40-26/h6-9,17,22,35,37,44,50-51H,10-16H2,1-5H3,(H,34,45)(H,39,46)(H,48,49)(H3,33,36,40,41,47)/b42-18+,43-23+. The fraction of sp³-hybridized carbons (Fsp3) is 0.469. The molecule has 0 aliphatic heterocycles. The Bertz CT molecular complexity index is 1830. The van der Waals surface area contributed by atoms with Crippen LogP contribution in [0.15, 0.2) is 45.6 Å². The van der Waals surface area contributed by atoms with E-state index in [0.29, 0.717) is 29.3 Å². The van der Waals surface area contributed by atoms with Gasteiger partial charge in [0, 0.05) is 37.2 Å². The Morgan fingerprint density at radius 2 is 1.73 bits per heavy atom. The number of aromatic amines is 1. The summed E-state index contributed by atoms with van der Waals surface area (Å²) in [7, 11) is 0. The van der Waals surface area contributed by atoms with Gasteiger partial charge in [0.05, 0.1) is 47.5 Å². The highest BCUT2D eigenvalue weighted by atomic mass is 16.6. The molecule has 2 aromatic heterocycles. The van der Waals surface area contributed by atoms with Crippen LogP contribution >= 0.6 is 0 Å². The normalized spacial score (nSPS) is 13.1. The summed E-state index contributed by atoms with van der Waals surface area (Å²) in [5, 5.41) is 46.2. The van der Waals surface area contributed by atoms with E-state index < -0.39 is 40.5 Å². The third-order valence-electron chi connectivity index (χ3n) is 8.05. The number of rotatable bonds is 20. The topological polar surface area (TPSA) is 304 Å². The van der Waals surface area contributed by atoms with Crippen molar-refractivity contribution in [3.05, 3.63) is 52.1 Å². The molecule has 1 aromatic carbocycles. The Kier molecular flexibility index (Phi) is 14.5. The van der Waals surface area contributed by atoms with E-state index in [1.165, 1.54) is 18.3 Å². The molecule has 0 aliphatic rings. The molecule has 11 N–H and O–H groups in total. The molecule has 3 aromatic rings. The second-order valence-corrected chi connectivity index (χ2v) is 12.8. The molecule has 0 saturated carbocycles. The van der Waals surface area contributed by atoms with Crippen LogP contribution < -0.4 is 38.0 Å². The fourth-order valence-corrected chi connectivity index (χ4v) is 4.61. The number of nitrogens with one attached hydrogen (secondary N) is 6. The zero-order valence-corrected chi connectivity index (χ0v) is 29.6. The number of aliphatic carboxylic acids is 1. The smallest absolute Gasteiger partial charge is 0.326 e. The molecular weight excluding hydrogens is 680 g/mol. The number of hydroxylamine groups is 1. The summed E-state index contributed by atoms with van der Waals surface area (Å²) in [6.45, 7) is 9.78. The molecule has 2 heterocycles. The van der Waals surface area contributed by atoms with Crippen LogP contribution in [0.2, 0.25) is 0 Å². The van der Waals surface area contributed by atoms with Gasteiger partial charge >= 0.3 is 5.97 Å². The summed E-state index contributed by atoms with van der Waals surface area (Å²) in [6.07, 6.45) is 1.31. The van der Waals surface area contributed by atoms with Gasteiger partial charge < -0.3 is 42.5 Å². The minimum atomic E-state index is -1.32. The van der Waals surface area contributed by atoms with Crippen LogP contribution in [0, 0.1) is 0 Å². The molecule has 1 atom stereocenters. The van der Waals surface area contributed by atoms with Crippen LogP contribution in [0.5, 0.6) is 0 Å². The van der Waals surface area contributed by atoms with Crippen molar-refractivity contribution in [1.82, 2.24) is 41.4 Å². The number of oxime groups is 2. The molecular formula is C32H46N12O8. The second-order valence-electron chi connectivity index (χ2n) is 12.8. The number of amides is 2. The van der Waals surface area contributed by atoms with Gasteiger partial charge in [0.1, 0.15) is 6.04 Å². The van der Waals surface area contributed by atoms with Gasteiger partial charge in [-0.05, 0) is 65.3 Å². The van der Waals surface area contributed by atoms with Crippen LogP contribution in [0.1, 0.15) is 69.9 Å². The SMILES string of the molecule is C/C(=N\O)C(C)(C)NOCCNC(C)(C)/C(CCNC(=O)CCC(NC(=O)c1ccc(NCc2cnc3nc(N)[nH]c(=O)c3n2)cc1)C(=O)O)=N/O. The molecule has 0 aliphatic carbocycles. The third kappa shape index (κ3) is 12.0. The number of hydrogen-bond acceptors (Lipinski definition) is 16. The lowest BCUT2D eigenvalue weighted by Gasteiger charge is -2.28. The van der Waals surface area contributed by atoms with E-state index in [4.69, 9.17) is 15.8 Å². The Morgan fingerprint density at radius 1 is 1.02 bits per heavy atom. The van der Waals surface area contributed by atoms with E-state index in [1.807, 2.05) is 0 Å². The minimum absolute atomic E-state index is 0.0447. The summed E-state index contributed by atoms with van der Waals surface area (Å²) >= 11 is 0. The molecule has 20 heteroatoms. The summed E-state index contributed by atoms with van der Waals surface area (Å²) in [5.41, 5.74) is 8.64. The van der Waals surface area contributed by atoms with E-state index >= 15 is 0 Å². The second kappa shape index (κ2) is 18.5. The number of carboxylic acids is 1. The highest BCUT2D eigenvalue weighted by molar-refractivity contribution is 5.97. The molecule has 0 saturated heterocycles. The number of nitrogen functional groups attached to an aromatic ring is 1. The number of anilines is 2. The molecule has 20 nitrogen and oxygen atoms in total. The van der Waals surface area contributed by atoms with Crippen molar-refractivity contribution in [3.63, 3.8) is 0 Å². The third-order valence-corrected chi connectivity index (χ3v) is 8.05. The monoisotopic (exact) mass is 726 g/mol. The number of benzene rings is 1. The van der Waals surface area contributed by atoms with Gasteiger partial charge in [-0.2, -0.15) is 10.5 Å². The number of carbonyl (C=O) groups is 3. The van der Waals surface area contributed by atoms with Gasteiger partial charge in [0.25, 0.3) is 11.5 Å². The number of carbonyl (C=O) groups excluding carboxylic acids is 2. The van der Waals surface area contributed by atoms with Gasteiger partial charge in [-0.3, -0.25) is 24.2 Å². The Labute approximate surface area is 298 Å². The zero-order valence-electron chi connectivity index (χ0n) is 29.6. The lowest BCUT2D eigenvalue weighted by atomic mass is 9.95. The van der Waals surface area contributed by atoms with E-state index in [-0.39, 0.29) is 61.6 Å². The summed E-state index contributed by atoms with van der Waals surface area (Å²) < 4.78 is 0. The zero-order chi connectivity index (χ0) is 38.5. The first-order chi connectivity index (χ1) is 24.6. The summed E-state index contributed by atoms with van der Waals surface area (Å²) in [4.78, 5) is 69.4. The maximum absolute atomic E-state index is 12.8. The van der Waals surface area contributed by atoms with E-state index in [1.54, 1.807) is 46.8 Å². The number of nitrogens with two attached hydrogens (primary N) is 1. The van der Waals surface area contributed by atoms with Crippen molar-refractivity contribution >= 4 is 52.0 Å². The van der Waals surface area contributed by atoms with Crippen LogP contribution in [0.3, 0.4) is 0 Å². The fourth-order valence-electron chi connectivity index (χ4n) is 4.61. The molecule has 0 radical (unpaired) electrons. The first-order valence-corrected chi connectivity index (χ1v) is 16.3. The number of hydrogen-bond donors (Lipinski definition) is 10. The number of carboxylic acid groups (broad SMARTS) is 1. The van der Waals surface area contributed by atoms with Crippen LogP contribution in [0.25, 0.3) is 11.2 Å². The van der Waals surface area contributed by atoms with E-state index in [0.717, 1.165) is 0 Å². The highest BCUT2D eigenvalue weighted by Gasteiger charge is 2.26. The van der Waals surface area contributed by atoms with Gasteiger partial charge in [-0.25, -0.2) is 14.8 Å². The lowest BCUT2D eigenvalue weighted by molar-refractivity contribution is -0.139. The maximum Gasteiger partial charge on any atom is 0.326 e. The van der Waals surface area contributed by atoms with Crippen LogP contribution in [-0.2, 0) is 21.0 Å². The van der Waals surface area contributed by atoms with Crippen molar-refractivity contribution in [3.8, 4) is 0 Å². The van der Waals surface area contributed by atoms with Gasteiger partial charge in [-0.1, -0.05) is 10.3 Å². The Hall–Kier alpha value is -5.73. The van der Waals surface area contributed by atoms with E-state index in [9.17, 15) is 29.5 Å². The molecule has 52 heavy (non-hydrogen) atoms. The quantitative estimate of drug-likeness (QED) is 0.0332. The molecule has 2 amide bonds. The summed E-state index contributed by atoms with van der Waals surface area (Å²) in [6, 6.07) is 4.92. The molecule has 1 unspecified atom stereocenters. The van der Waals surface area contributed by atoms with Crippen molar-refractivity contribution in [2.45, 2.75) is 77.5 Å². The van der Waals surface area contributed by atoms with E-state index in [2.05, 4.69) is 57.0 Å². The van der Waals surface area contributed by atoms with Gasteiger partial charge in [-0.15, -0.1) is 0 Å². The minimum Gasteiger partial charge on any atom is -0.480 e. The largest absolute Gasteiger partial charge is 0.480 e. The first kappa shape index (κ1) is 40.7. The number of nitrogens with zero attached hydrogens (tertiary/aromatic N) is 5. The predicted octanol–water partition coefficient (Wildman–Crippen LogP) is 0.725. The molecule has 282 valence electrons. The first-order valence-electron chi connectivity index (χ1n) is 16.3. The van der Waals surface area contributed by atoms with Gasteiger partial charge in [0.2, 0.25) is 11.9 Å². The van der Waals surface area contributed by atoms with Crippen molar-refractivity contribution < 1.29 is 34.7 Å². The highest BCUT2D eigenvalue weighted by Crippen LogP contribution is 2.13. The van der Waals surface area contributed by atoms with Crippen LogP contribution in [-0.4, -0.2) is 101 Å². The van der Waals surface area contributed by atoms with Crippen molar-refractivity contribution in [2.75, 3.05) is 30.7 Å². The van der Waals surface area contributed by atoms with Crippen molar-refractivity contribution in [1.29, 1.82) is 0 Å². The molecule has 0 spiro atoms. The Balaban J connectivity index is 1.41. The molecule has 3 rings (SSSR count). The predicted molar refractivity (Wildman–Crippen MR) is 191 cm³/mol. The average Bonchev–Trinajstić information content (AvgIpc) is 3.10.